The molecule has 5 nitrogen and oxygen atoms in total. The van der Waals surface area contributed by atoms with Crippen LogP contribution in [0, 0.1) is 6.92 Å². The van der Waals surface area contributed by atoms with Gasteiger partial charge in [0.1, 0.15) is 13.1 Å². The van der Waals surface area contributed by atoms with Crippen molar-refractivity contribution in [1.82, 2.24) is 14.5 Å². The summed E-state index contributed by atoms with van der Waals surface area (Å²) in [5.74, 6) is 1.76. The second-order valence-electron chi connectivity index (χ2n) is 4.40. The zero-order chi connectivity index (χ0) is 11.6. The summed E-state index contributed by atoms with van der Waals surface area (Å²) < 4.78 is 6.23. The molecular weight excluding hydrogens is 204 g/mol. The van der Waals surface area contributed by atoms with Crippen molar-refractivity contribution >= 4 is 11.8 Å². The fraction of sp³-hybridized carbons (Fsp3) is 0.636. The minimum atomic E-state index is 0.695. The molecule has 0 spiro atoms. The monoisotopic (exact) mass is 223 g/mol. The van der Waals surface area contributed by atoms with Crippen molar-refractivity contribution in [1.29, 1.82) is 0 Å². The van der Waals surface area contributed by atoms with E-state index in [4.69, 9.17) is 4.74 Å². The first kappa shape index (κ1) is 11.3. The summed E-state index contributed by atoms with van der Waals surface area (Å²) in [6.45, 7) is 5.54. The predicted octanol–water partition coefficient (Wildman–Crippen LogP) is 0.794. The average Bonchev–Trinajstić information content (AvgIpc) is 2.29. The standard InChI is InChI=1S/C11H19N4O/c1-9-8-10(14-11(12-2)13-9)15(3)4-6-16-7-5-15/h8H,4-7H2,1-3H3,(H,12,13,14)/q+1. The third kappa shape index (κ3) is 2.15. The Kier molecular flexibility index (Phi) is 3.07. The Morgan fingerprint density at radius 3 is 2.62 bits per heavy atom. The normalized spacial score (nSPS) is 19.4. The number of nitrogens with one attached hydrogen (secondary N) is 1. The van der Waals surface area contributed by atoms with E-state index in [-0.39, 0.29) is 0 Å². The van der Waals surface area contributed by atoms with Crippen LogP contribution in [-0.2, 0) is 4.74 Å². The van der Waals surface area contributed by atoms with Crippen LogP contribution in [0.15, 0.2) is 6.07 Å². The number of nitrogens with zero attached hydrogens (tertiary/aromatic N) is 3. The molecule has 1 saturated heterocycles. The molecule has 0 aromatic carbocycles. The van der Waals surface area contributed by atoms with Crippen molar-refractivity contribution in [2.75, 3.05) is 45.7 Å². The Bertz CT molecular complexity index is 374. The highest BCUT2D eigenvalue weighted by Gasteiger charge is 2.30. The molecule has 1 aliphatic heterocycles. The van der Waals surface area contributed by atoms with E-state index < -0.39 is 0 Å². The molecule has 0 saturated carbocycles. The number of aromatic nitrogens is 2. The zero-order valence-corrected chi connectivity index (χ0v) is 10.2. The Morgan fingerprint density at radius 1 is 1.31 bits per heavy atom. The number of anilines is 1. The third-order valence-electron chi connectivity index (χ3n) is 3.08. The zero-order valence-electron chi connectivity index (χ0n) is 10.2. The summed E-state index contributed by atoms with van der Waals surface area (Å²) in [5, 5.41) is 3.00. The molecule has 16 heavy (non-hydrogen) atoms. The van der Waals surface area contributed by atoms with E-state index in [0.29, 0.717) is 5.95 Å². The van der Waals surface area contributed by atoms with Gasteiger partial charge in [-0.05, 0) is 6.92 Å². The van der Waals surface area contributed by atoms with Gasteiger partial charge in [-0.1, -0.05) is 0 Å². The number of ether oxygens (including phenoxy) is 1. The van der Waals surface area contributed by atoms with Gasteiger partial charge in [0.2, 0.25) is 11.8 Å². The van der Waals surface area contributed by atoms with Gasteiger partial charge in [0.25, 0.3) is 0 Å². The van der Waals surface area contributed by atoms with Gasteiger partial charge in [0.05, 0.1) is 20.3 Å². The molecule has 2 heterocycles. The van der Waals surface area contributed by atoms with E-state index >= 15 is 0 Å². The van der Waals surface area contributed by atoms with Crippen LogP contribution in [-0.4, -0.2) is 50.4 Å². The molecule has 0 bridgehead atoms. The molecule has 2 rings (SSSR count). The van der Waals surface area contributed by atoms with E-state index in [0.717, 1.165) is 42.3 Å². The van der Waals surface area contributed by atoms with Crippen LogP contribution in [0.25, 0.3) is 0 Å². The minimum Gasteiger partial charge on any atom is -0.370 e. The highest BCUT2D eigenvalue weighted by Crippen LogP contribution is 2.22. The SMILES string of the molecule is CNc1nc(C)cc([N+]2(C)CCOCC2)n1. The lowest BCUT2D eigenvalue weighted by Gasteiger charge is -2.35. The summed E-state index contributed by atoms with van der Waals surface area (Å²) in [7, 11) is 4.04. The minimum absolute atomic E-state index is 0.695. The number of aryl methyl sites for hydroxylation is 1. The number of quaternary nitrogens is 1. The van der Waals surface area contributed by atoms with Crippen LogP contribution in [0.4, 0.5) is 11.8 Å². The fourth-order valence-corrected chi connectivity index (χ4v) is 1.92. The highest BCUT2D eigenvalue weighted by molar-refractivity contribution is 5.41. The molecule has 1 aliphatic rings. The van der Waals surface area contributed by atoms with Gasteiger partial charge in [-0.2, -0.15) is 4.98 Å². The molecule has 0 amide bonds. The largest absolute Gasteiger partial charge is 0.370 e. The lowest BCUT2D eigenvalue weighted by atomic mass is 10.3. The first-order valence-electron chi connectivity index (χ1n) is 5.60. The first-order valence-corrected chi connectivity index (χ1v) is 5.60. The van der Waals surface area contributed by atoms with Gasteiger partial charge in [-0.25, -0.2) is 4.98 Å². The summed E-state index contributed by atoms with van der Waals surface area (Å²) in [6, 6.07) is 2.06. The maximum atomic E-state index is 5.40. The highest BCUT2D eigenvalue weighted by atomic mass is 16.5. The van der Waals surface area contributed by atoms with Crippen molar-refractivity contribution in [3.8, 4) is 0 Å². The molecule has 0 aliphatic carbocycles. The second-order valence-corrected chi connectivity index (χ2v) is 4.40. The molecule has 0 radical (unpaired) electrons. The molecule has 1 aromatic rings. The number of hydrogen-bond acceptors (Lipinski definition) is 4. The van der Waals surface area contributed by atoms with Gasteiger partial charge >= 0.3 is 0 Å². The fourth-order valence-electron chi connectivity index (χ4n) is 1.92. The first-order chi connectivity index (χ1) is 7.64. The Morgan fingerprint density at radius 2 is 2.00 bits per heavy atom. The van der Waals surface area contributed by atoms with Gasteiger partial charge < -0.3 is 10.1 Å². The molecule has 1 aromatic heterocycles. The summed E-state index contributed by atoms with van der Waals surface area (Å²) in [6.07, 6.45) is 0. The van der Waals surface area contributed by atoms with E-state index in [1.807, 2.05) is 14.0 Å². The summed E-state index contributed by atoms with van der Waals surface area (Å²) in [5.41, 5.74) is 1.00. The van der Waals surface area contributed by atoms with Crippen molar-refractivity contribution in [3.63, 3.8) is 0 Å². The number of hydrogen-bond donors (Lipinski definition) is 1. The van der Waals surface area contributed by atoms with Crippen LogP contribution in [0.3, 0.4) is 0 Å². The van der Waals surface area contributed by atoms with Crippen molar-refractivity contribution < 1.29 is 4.74 Å². The molecule has 5 heteroatoms. The van der Waals surface area contributed by atoms with Crippen molar-refractivity contribution in [2.24, 2.45) is 0 Å². The molecule has 1 N–H and O–H groups in total. The Balaban J connectivity index is 2.34. The predicted molar refractivity (Wildman–Crippen MR) is 64.6 cm³/mol. The molecule has 88 valence electrons. The smallest absolute Gasteiger partial charge is 0.232 e. The van der Waals surface area contributed by atoms with Crippen LogP contribution in [0.1, 0.15) is 5.69 Å². The van der Waals surface area contributed by atoms with E-state index in [1.54, 1.807) is 0 Å². The number of morpholine rings is 1. The number of likely N-dealkylation sites (N-methyl/N-ethyl adjacent to an activating group) is 1. The van der Waals surface area contributed by atoms with Crippen molar-refractivity contribution in [3.05, 3.63) is 11.8 Å². The Hall–Kier alpha value is -1.20. The van der Waals surface area contributed by atoms with Crippen LogP contribution < -0.4 is 9.80 Å². The summed E-state index contributed by atoms with van der Waals surface area (Å²) in [4.78, 5) is 8.86. The molecule has 1 fully saturated rings. The molecular formula is C11H19N4O+. The lowest BCUT2D eigenvalue weighted by molar-refractivity contribution is 0.0512. The maximum Gasteiger partial charge on any atom is 0.232 e. The molecule has 0 atom stereocenters. The quantitative estimate of drug-likeness (QED) is 0.753. The average molecular weight is 223 g/mol. The van der Waals surface area contributed by atoms with Crippen LogP contribution >= 0.6 is 0 Å². The van der Waals surface area contributed by atoms with Gasteiger partial charge in [0, 0.05) is 18.8 Å². The van der Waals surface area contributed by atoms with E-state index in [1.165, 1.54) is 0 Å². The topological polar surface area (TPSA) is 47.0 Å². The Labute approximate surface area is 96.1 Å². The van der Waals surface area contributed by atoms with Gasteiger partial charge in [0.15, 0.2) is 0 Å². The number of rotatable bonds is 2. The van der Waals surface area contributed by atoms with Crippen LogP contribution in [0.2, 0.25) is 0 Å². The maximum absolute atomic E-state index is 5.40. The van der Waals surface area contributed by atoms with Crippen LogP contribution in [0.5, 0.6) is 0 Å². The summed E-state index contributed by atoms with van der Waals surface area (Å²) >= 11 is 0. The third-order valence-corrected chi connectivity index (χ3v) is 3.08. The van der Waals surface area contributed by atoms with E-state index in [2.05, 4.69) is 28.4 Å². The van der Waals surface area contributed by atoms with Gasteiger partial charge in [-0.15, -0.1) is 0 Å². The van der Waals surface area contributed by atoms with Crippen molar-refractivity contribution in [2.45, 2.75) is 6.92 Å². The second kappa shape index (κ2) is 4.35. The molecule has 0 unspecified atom stereocenters. The van der Waals surface area contributed by atoms with E-state index in [9.17, 15) is 0 Å². The van der Waals surface area contributed by atoms with Gasteiger partial charge in [-0.3, -0.25) is 4.48 Å². The lowest BCUT2D eigenvalue weighted by Crippen LogP contribution is -2.53.